The van der Waals surface area contributed by atoms with E-state index in [-0.39, 0.29) is 5.75 Å². The maximum atomic E-state index is 11.0. The van der Waals surface area contributed by atoms with Crippen LogP contribution in [0.2, 0.25) is 0 Å². The first-order valence-corrected chi connectivity index (χ1v) is 10.4. The van der Waals surface area contributed by atoms with Crippen LogP contribution < -0.4 is 9.47 Å². The zero-order valence-electron chi connectivity index (χ0n) is 17.6. The lowest BCUT2D eigenvalue weighted by molar-refractivity contribution is -0.137. The van der Waals surface area contributed by atoms with E-state index >= 15 is 0 Å². The molecule has 1 heterocycles. The number of aromatic hydroxyl groups is 1. The first kappa shape index (κ1) is 22.1. The molecule has 0 bridgehead atoms. The van der Waals surface area contributed by atoms with Crippen LogP contribution in [0.25, 0.3) is 16.7 Å². The van der Waals surface area contributed by atoms with Crippen LogP contribution in [0.3, 0.4) is 0 Å². The highest BCUT2D eigenvalue weighted by Gasteiger charge is 2.11. The molecule has 0 aliphatic heterocycles. The van der Waals surface area contributed by atoms with Crippen LogP contribution in [0, 0.1) is 0 Å². The third kappa shape index (κ3) is 6.21. The van der Waals surface area contributed by atoms with Crippen molar-refractivity contribution < 1.29 is 24.1 Å². The van der Waals surface area contributed by atoms with Crippen LogP contribution in [0.5, 0.6) is 17.2 Å². The average Bonchev–Trinajstić information content (AvgIpc) is 3.19. The molecule has 8 heteroatoms. The van der Waals surface area contributed by atoms with Gasteiger partial charge in [-0.1, -0.05) is 19.9 Å². The molecule has 1 N–H and O–H groups in total. The minimum Gasteiger partial charge on any atom is -0.505 e. The molecule has 0 atom stereocenters. The minimum atomic E-state index is -0.417. The number of phenols is 1. The van der Waals surface area contributed by atoms with Gasteiger partial charge in [0.05, 0.1) is 19.8 Å². The normalized spacial score (nSPS) is 10.7. The number of hydrogen-bond donors (Lipinski definition) is 1. The number of hydrogen-bond acceptors (Lipinski definition) is 7. The molecule has 0 saturated carbocycles. The van der Waals surface area contributed by atoms with Gasteiger partial charge in [0.2, 0.25) is 0 Å². The number of esters is 1. The molecule has 0 radical (unpaired) electrons. The van der Waals surface area contributed by atoms with Crippen molar-refractivity contribution in [1.29, 1.82) is 0 Å². The van der Waals surface area contributed by atoms with Crippen molar-refractivity contribution in [2.75, 3.05) is 19.8 Å². The van der Waals surface area contributed by atoms with Crippen LogP contribution in [0.1, 0.15) is 32.6 Å². The largest absolute Gasteiger partial charge is 0.505 e. The fourth-order valence-electron chi connectivity index (χ4n) is 2.81. The van der Waals surface area contributed by atoms with Crippen LogP contribution in [-0.4, -0.2) is 45.9 Å². The second-order valence-electron chi connectivity index (χ2n) is 6.92. The number of rotatable bonds is 12. The summed E-state index contributed by atoms with van der Waals surface area (Å²) >= 11 is 0. The molecule has 8 nitrogen and oxygen atoms in total. The van der Waals surface area contributed by atoms with Gasteiger partial charge in [0.15, 0.2) is 0 Å². The Morgan fingerprint density at radius 3 is 2.42 bits per heavy atom. The number of ether oxygens (including phenoxy) is 3. The smallest absolute Gasteiger partial charge is 0.330 e. The number of phenolic OH excluding ortho intramolecular Hbond substituents is 1. The third-order valence-corrected chi connectivity index (χ3v) is 4.50. The van der Waals surface area contributed by atoms with Gasteiger partial charge < -0.3 is 19.3 Å². The first-order chi connectivity index (χ1) is 15.1. The van der Waals surface area contributed by atoms with E-state index in [4.69, 9.17) is 14.2 Å². The second-order valence-corrected chi connectivity index (χ2v) is 6.92. The molecule has 3 aromatic rings. The van der Waals surface area contributed by atoms with E-state index in [1.165, 1.54) is 4.80 Å². The van der Waals surface area contributed by atoms with E-state index in [2.05, 4.69) is 23.7 Å². The quantitative estimate of drug-likeness (QED) is 0.264. The fraction of sp³-hybridized carbons (Fsp3) is 0.348. The lowest BCUT2D eigenvalue weighted by atomic mass is 10.3. The van der Waals surface area contributed by atoms with Crippen molar-refractivity contribution in [3.8, 4) is 22.9 Å². The molecule has 0 unspecified atom stereocenters. The number of carbonyl (C=O) groups excluding carboxylic acids is 1. The number of nitrogens with zero attached hydrogens (tertiary/aromatic N) is 3. The maximum Gasteiger partial charge on any atom is 0.330 e. The number of benzene rings is 2. The summed E-state index contributed by atoms with van der Waals surface area (Å²) in [7, 11) is 0. The van der Waals surface area contributed by atoms with Gasteiger partial charge in [-0.15, -0.1) is 15.0 Å². The molecule has 0 aliphatic carbocycles. The molecule has 3 rings (SSSR count). The molecule has 0 spiro atoms. The molecule has 31 heavy (non-hydrogen) atoms. The second kappa shape index (κ2) is 11.0. The Kier molecular flexibility index (Phi) is 7.86. The molecule has 0 aliphatic rings. The SMILES string of the molecule is C=CC(=O)OCCCCOc1ccc2nn(-c3ccc(OCCCC)cc3O)nc2c1. The van der Waals surface area contributed by atoms with Gasteiger partial charge in [-0.05, 0) is 43.5 Å². The van der Waals surface area contributed by atoms with Gasteiger partial charge in [0.25, 0.3) is 0 Å². The number of aromatic nitrogens is 3. The molecule has 1 aromatic heterocycles. The van der Waals surface area contributed by atoms with Crippen LogP contribution in [-0.2, 0) is 9.53 Å². The van der Waals surface area contributed by atoms with E-state index < -0.39 is 5.97 Å². The summed E-state index contributed by atoms with van der Waals surface area (Å²) in [5.74, 6) is 0.912. The summed E-state index contributed by atoms with van der Waals surface area (Å²) < 4.78 is 16.3. The highest BCUT2D eigenvalue weighted by atomic mass is 16.5. The van der Waals surface area contributed by atoms with Crippen molar-refractivity contribution in [1.82, 2.24) is 15.0 Å². The zero-order valence-corrected chi connectivity index (χ0v) is 17.6. The Morgan fingerprint density at radius 1 is 1.00 bits per heavy atom. The van der Waals surface area contributed by atoms with Crippen LogP contribution in [0.4, 0.5) is 0 Å². The van der Waals surface area contributed by atoms with E-state index in [1.807, 2.05) is 12.1 Å². The molecular formula is C23H27N3O5. The van der Waals surface area contributed by atoms with Gasteiger partial charge in [0.1, 0.15) is 34.0 Å². The monoisotopic (exact) mass is 425 g/mol. The van der Waals surface area contributed by atoms with Gasteiger partial charge in [-0.3, -0.25) is 0 Å². The lowest BCUT2D eigenvalue weighted by Gasteiger charge is -2.08. The first-order valence-electron chi connectivity index (χ1n) is 10.4. The molecule has 164 valence electrons. The molecule has 2 aromatic carbocycles. The van der Waals surface area contributed by atoms with E-state index in [1.54, 1.807) is 24.3 Å². The van der Waals surface area contributed by atoms with Gasteiger partial charge in [0, 0.05) is 18.2 Å². The highest BCUT2D eigenvalue weighted by Crippen LogP contribution is 2.27. The summed E-state index contributed by atoms with van der Waals surface area (Å²) in [4.78, 5) is 12.4. The minimum absolute atomic E-state index is 0.0444. The summed E-state index contributed by atoms with van der Waals surface area (Å²) in [6, 6.07) is 10.5. The van der Waals surface area contributed by atoms with Crippen molar-refractivity contribution >= 4 is 17.0 Å². The van der Waals surface area contributed by atoms with Crippen LogP contribution in [0.15, 0.2) is 49.1 Å². The Balaban J connectivity index is 1.59. The highest BCUT2D eigenvalue weighted by molar-refractivity contribution is 5.81. The molecule has 0 fully saturated rings. The topological polar surface area (TPSA) is 95.7 Å². The fourth-order valence-corrected chi connectivity index (χ4v) is 2.81. The number of fused-ring (bicyclic) bond motifs is 1. The van der Waals surface area contributed by atoms with Gasteiger partial charge in [-0.2, -0.15) is 0 Å². The number of carbonyl (C=O) groups is 1. The number of unbranched alkanes of at least 4 members (excludes halogenated alkanes) is 2. The molecule has 0 amide bonds. The van der Waals surface area contributed by atoms with E-state index in [9.17, 15) is 9.90 Å². The van der Waals surface area contributed by atoms with Crippen molar-refractivity contribution in [3.05, 3.63) is 49.1 Å². The van der Waals surface area contributed by atoms with Crippen LogP contribution >= 0.6 is 0 Å². The summed E-state index contributed by atoms with van der Waals surface area (Å²) in [6.07, 6.45) is 4.60. The Morgan fingerprint density at radius 2 is 1.68 bits per heavy atom. The molecular weight excluding hydrogens is 398 g/mol. The summed E-state index contributed by atoms with van der Waals surface area (Å²) in [5.41, 5.74) is 1.81. The van der Waals surface area contributed by atoms with Crippen molar-refractivity contribution in [3.63, 3.8) is 0 Å². The van der Waals surface area contributed by atoms with Crippen molar-refractivity contribution in [2.24, 2.45) is 0 Å². The predicted octanol–water partition coefficient (Wildman–Crippen LogP) is 4.19. The zero-order chi connectivity index (χ0) is 22.1. The molecule has 0 saturated heterocycles. The lowest BCUT2D eigenvalue weighted by Crippen LogP contribution is -2.04. The Bertz CT molecular complexity index is 1030. The Hall–Kier alpha value is -3.55. The van der Waals surface area contributed by atoms with E-state index in [0.29, 0.717) is 54.5 Å². The summed E-state index contributed by atoms with van der Waals surface area (Å²) in [5, 5.41) is 19.3. The van der Waals surface area contributed by atoms with E-state index in [0.717, 1.165) is 25.3 Å². The standard InChI is InChI=1S/C23H27N3O5/c1-3-5-12-29-18-9-11-21(22(27)16-18)26-24-19-10-8-17(15-20(19)25-26)30-13-6-7-14-31-23(28)4-2/h4,8-11,15-16,27H,2-3,5-7,12-14H2,1H3. The van der Waals surface area contributed by atoms with Gasteiger partial charge in [-0.25, -0.2) is 4.79 Å². The average molecular weight is 425 g/mol. The van der Waals surface area contributed by atoms with Gasteiger partial charge >= 0.3 is 5.97 Å². The third-order valence-electron chi connectivity index (χ3n) is 4.50. The summed E-state index contributed by atoms with van der Waals surface area (Å²) in [6.45, 7) is 6.89. The predicted molar refractivity (Wildman–Crippen MR) is 117 cm³/mol. The Labute approximate surface area is 181 Å². The maximum absolute atomic E-state index is 11.0. The van der Waals surface area contributed by atoms with Crippen molar-refractivity contribution in [2.45, 2.75) is 32.6 Å².